The number of esters is 2. The molecule has 0 amide bonds. The van der Waals surface area contributed by atoms with E-state index in [0.717, 1.165) is 19.3 Å². The fourth-order valence-electron chi connectivity index (χ4n) is 2.03. The summed E-state index contributed by atoms with van der Waals surface area (Å²) in [4.78, 5) is 23.0. The molecule has 90 valence electrons. The second-order valence-corrected chi connectivity index (χ2v) is 4.12. The molecule has 2 unspecified atom stereocenters. The second kappa shape index (κ2) is 5.30. The molecule has 0 radical (unpaired) electrons. The molecule has 2 heterocycles. The van der Waals surface area contributed by atoms with Crippen molar-refractivity contribution in [3.05, 3.63) is 0 Å². The first kappa shape index (κ1) is 11.4. The highest BCUT2D eigenvalue weighted by Crippen LogP contribution is 2.23. The molecule has 0 saturated carbocycles. The van der Waals surface area contributed by atoms with Gasteiger partial charge in [0.25, 0.3) is 0 Å². The van der Waals surface area contributed by atoms with Crippen LogP contribution in [0.3, 0.4) is 0 Å². The van der Waals surface area contributed by atoms with Gasteiger partial charge in [0, 0.05) is 6.42 Å². The first-order chi connectivity index (χ1) is 7.77. The highest BCUT2D eigenvalue weighted by Gasteiger charge is 2.35. The monoisotopic (exact) mass is 228 g/mol. The Morgan fingerprint density at radius 3 is 2.88 bits per heavy atom. The molecule has 2 fully saturated rings. The van der Waals surface area contributed by atoms with E-state index in [0.29, 0.717) is 13.0 Å². The van der Waals surface area contributed by atoms with E-state index in [1.165, 1.54) is 0 Å². The van der Waals surface area contributed by atoms with Crippen LogP contribution in [0.15, 0.2) is 0 Å². The SMILES string of the molecule is O=C1CCCCC(C2COCCOC2=O)O1. The van der Waals surface area contributed by atoms with Gasteiger partial charge in [-0.25, -0.2) is 0 Å². The molecule has 2 aliphatic heterocycles. The summed E-state index contributed by atoms with van der Waals surface area (Å²) in [6, 6.07) is 0. The lowest BCUT2D eigenvalue weighted by molar-refractivity contribution is -0.160. The van der Waals surface area contributed by atoms with Crippen LogP contribution < -0.4 is 0 Å². The van der Waals surface area contributed by atoms with Crippen LogP contribution in [0.2, 0.25) is 0 Å². The van der Waals surface area contributed by atoms with E-state index in [1.54, 1.807) is 0 Å². The summed E-state index contributed by atoms with van der Waals surface area (Å²) in [7, 11) is 0. The van der Waals surface area contributed by atoms with E-state index >= 15 is 0 Å². The lowest BCUT2D eigenvalue weighted by Crippen LogP contribution is -2.34. The van der Waals surface area contributed by atoms with Crippen LogP contribution in [0.4, 0.5) is 0 Å². The van der Waals surface area contributed by atoms with Crippen LogP contribution >= 0.6 is 0 Å². The number of carbonyl (C=O) groups is 2. The number of hydrogen-bond acceptors (Lipinski definition) is 5. The summed E-state index contributed by atoms with van der Waals surface area (Å²) in [5.41, 5.74) is 0. The average Bonchev–Trinajstić information content (AvgIpc) is 2.58. The molecule has 0 N–H and O–H groups in total. The van der Waals surface area contributed by atoms with Gasteiger partial charge in [0.05, 0.1) is 13.2 Å². The molecular weight excluding hydrogens is 212 g/mol. The third-order valence-corrected chi connectivity index (χ3v) is 2.92. The van der Waals surface area contributed by atoms with E-state index in [2.05, 4.69) is 0 Å². The van der Waals surface area contributed by atoms with Gasteiger partial charge >= 0.3 is 11.9 Å². The van der Waals surface area contributed by atoms with E-state index in [9.17, 15) is 9.59 Å². The molecule has 2 rings (SSSR count). The molecule has 2 aliphatic rings. The number of carbonyl (C=O) groups excluding carboxylic acids is 2. The summed E-state index contributed by atoms with van der Waals surface area (Å²) in [5.74, 6) is -0.985. The minimum Gasteiger partial charge on any atom is -0.463 e. The molecular formula is C11H16O5. The molecule has 5 heteroatoms. The van der Waals surface area contributed by atoms with Crippen LogP contribution in [0.5, 0.6) is 0 Å². The largest absolute Gasteiger partial charge is 0.463 e. The summed E-state index contributed by atoms with van der Waals surface area (Å²) >= 11 is 0. The van der Waals surface area contributed by atoms with Crippen molar-refractivity contribution < 1.29 is 23.8 Å². The van der Waals surface area contributed by atoms with E-state index in [4.69, 9.17) is 14.2 Å². The van der Waals surface area contributed by atoms with Crippen molar-refractivity contribution >= 4 is 11.9 Å². The maximum Gasteiger partial charge on any atom is 0.315 e. The van der Waals surface area contributed by atoms with Gasteiger partial charge in [0.2, 0.25) is 0 Å². The van der Waals surface area contributed by atoms with Gasteiger partial charge in [-0.05, 0) is 19.3 Å². The molecule has 0 bridgehead atoms. The minimum absolute atomic E-state index is 0.223. The maximum absolute atomic E-state index is 11.6. The van der Waals surface area contributed by atoms with Crippen molar-refractivity contribution in [1.29, 1.82) is 0 Å². The Kier molecular flexibility index (Phi) is 3.77. The quantitative estimate of drug-likeness (QED) is 0.617. The first-order valence-corrected chi connectivity index (χ1v) is 5.71. The van der Waals surface area contributed by atoms with Crippen molar-refractivity contribution in [1.82, 2.24) is 0 Å². The third kappa shape index (κ3) is 2.72. The predicted octanol–water partition coefficient (Wildman–Crippen LogP) is 0.662. The topological polar surface area (TPSA) is 61.8 Å². The number of cyclic esters (lactones) is 2. The Labute approximate surface area is 94.0 Å². The van der Waals surface area contributed by atoms with Gasteiger partial charge in [-0.3, -0.25) is 9.59 Å². The molecule has 16 heavy (non-hydrogen) atoms. The number of ether oxygens (including phenoxy) is 3. The lowest BCUT2D eigenvalue weighted by atomic mass is 9.99. The van der Waals surface area contributed by atoms with Crippen LogP contribution in [0.1, 0.15) is 25.7 Å². The zero-order valence-electron chi connectivity index (χ0n) is 9.15. The Balaban J connectivity index is 2.02. The zero-order valence-corrected chi connectivity index (χ0v) is 9.15. The highest BCUT2D eigenvalue weighted by atomic mass is 16.6. The van der Waals surface area contributed by atoms with Gasteiger partial charge in [-0.1, -0.05) is 0 Å². The minimum atomic E-state index is -0.454. The van der Waals surface area contributed by atoms with Crippen molar-refractivity contribution in [3.8, 4) is 0 Å². The number of hydrogen-bond donors (Lipinski definition) is 0. The van der Waals surface area contributed by atoms with Crippen LogP contribution in [-0.4, -0.2) is 37.9 Å². The van der Waals surface area contributed by atoms with Gasteiger partial charge in [-0.2, -0.15) is 0 Å². The average molecular weight is 228 g/mol. The van der Waals surface area contributed by atoms with E-state index in [1.807, 2.05) is 0 Å². The van der Waals surface area contributed by atoms with Gasteiger partial charge in [-0.15, -0.1) is 0 Å². The fraction of sp³-hybridized carbons (Fsp3) is 0.818. The molecule has 0 aromatic rings. The smallest absolute Gasteiger partial charge is 0.315 e. The summed E-state index contributed by atoms with van der Waals surface area (Å²) < 4.78 is 15.5. The molecule has 2 atom stereocenters. The zero-order chi connectivity index (χ0) is 11.4. The van der Waals surface area contributed by atoms with Crippen molar-refractivity contribution in [2.45, 2.75) is 31.8 Å². The van der Waals surface area contributed by atoms with Crippen molar-refractivity contribution in [2.24, 2.45) is 5.92 Å². The Bertz CT molecular complexity index is 276. The fourth-order valence-corrected chi connectivity index (χ4v) is 2.03. The first-order valence-electron chi connectivity index (χ1n) is 5.71. The lowest BCUT2D eigenvalue weighted by Gasteiger charge is -2.21. The van der Waals surface area contributed by atoms with Gasteiger partial charge in [0.1, 0.15) is 18.6 Å². The summed E-state index contributed by atoms with van der Waals surface area (Å²) in [5, 5.41) is 0. The van der Waals surface area contributed by atoms with Crippen LogP contribution in [-0.2, 0) is 23.8 Å². The molecule has 5 nitrogen and oxygen atoms in total. The van der Waals surface area contributed by atoms with Crippen LogP contribution in [0.25, 0.3) is 0 Å². The second-order valence-electron chi connectivity index (χ2n) is 4.12. The van der Waals surface area contributed by atoms with E-state index < -0.39 is 5.92 Å². The molecule has 2 saturated heterocycles. The molecule has 0 spiro atoms. The summed E-state index contributed by atoms with van der Waals surface area (Å²) in [6.07, 6.45) is 2.52. The maximum atomic E-state index is 11.6. The predicted molar refractivity (Wildman–Crippen MR) is 53.6 cm³/mol. The Hall–Kier alpha value is -1.10. The molecule has 0 aromatic heterocycles. The normalized spacial score (nSPS) is 32.2. The van der Waals surface area contributed by atoms with E-state index in [-0.39, 0.29) is 31.3 Å². The summed E-state index contributed by atoms with van der Waals surface area (Å²) in [6.45, 7) is 0.996. The highest BCUT2D eigenvalue weighted by molar-refractivity contribution is 5.75. The van der Waals surface area contributed by atoms with Crippen molar-refractivity contribution in [2.75, 3.05) is 19.8 Å². The van der Waals surface area contributed by atoms with Gasteiger partial charge < -0.3 is 14.2 Å². The van der Waals surface area contributed by atoms with Crippen molar-refractivity contribution in [3.63, 3.8) is 0 Å². The number of rotatable bonds is 1. The Morgan fingerprint density at radius 2 is 2.00 bits per heavy atom. The van der Waals surface area contributed by atoms with Crippen LogP contribution in [0, 0.1) is 5.92 Å². The molecule has 0 aliphatic carbocycles. The standard InChI is InChI=1S/C11H16O5/c12-10-4-2-1-3-9(16-10)8-7-14-5-6-15-11(8)13/h8-9H,1-7H2. The molecule has 0 aromatic carbocycles. The van der Waals surface area contributed by atoms with Gasteiger partial charge in [0.15, 0.2) is 0 Å². The Morgan fingerprint density at radius 1 is 1.12 bits per heavy atom. The third-order valence-electron chi connectivity index (χ3n) is 2.92.